The Hall–Kier alpha value is -0.0800. The number of ether oxygens (including phenoxy) is 1. The van der Waals surface area contributed by atoms with Gasteiger partial charge in [-0.2, -0.15) is 0 Å². The van der Waals surface area contributed by atoms with Gasteiger partial charge in [0, 0.05) is 17.4 Å². The maximum atomic E-state index is 6.00. The van der Waals surface area contributed by atoms with Crippen molar-refractivity contribution in [3.05, 3.63) is 0 Å². The summed E-state index contributed by atoms with van der Waals surface area (Å²) in [5.41, 5.74) is 6.77. The molecule has 13 heavy (non-hydrogen) atoms. The van der Waals surface area contributed by atoms with Gasteiger partial charge in [-0.25, -0.2) is 0 Å². The Morgan fingerprint density at radius 3 is 2.69 bits per heavy atom. The van der Waals surface area contributed by atoms with Crippen molar-refractivity contribution in [2.75, 3.05) is 13.2 Å². The van der Waals surface area contributed by atoms with E-state index in [-0.39, 0.29) is 5.60 Å². The van der Waals surface area contributed by atoms with Crippen LogP contribution in [0, 0.1) is 16.7 Å². The van der Waals surface area contributed by atoms with Gasteiger partial charge in [0.05, 0.1) is 12.2 Å². The molecule has 4 bridgehead atoms. The first-order chi connectivity index (χ1) is 6.08. The van der Waals surface area contributed by atoms with Crippen molar-refractivity contribution in [3.63, 3.8) is 0 Å². The van der Waals surface area contributed by atoms with E-state index >= 15 is 0 Å². The lowest BCUT2D eigenvalue weighted by atomic mass is 9.66. The molecule has 0 aromatic carbocycles. The van der Waals surface area contributed by atoms with Gasteiger partial charge in [-0.3, -0.25) is 0 Å². The molecule has 0 unspecified atom stereocenters. The fraction of sp³-hybridized carbons (Fsp3) is 1.00. The van der Waals surface area contributed by atoms with Crippen LogP contribution in [0.1, 0.15) is 33.1 Å². The summed E-state index contributed by atoms with van der Waals surface area (Å²) in [5.74, 6) is 0.884. The van der Waals surface area contributed by atoms with E-state index in [2.05, 4.69) is 13.8 Å². The third-order valence-corrected chi connectivity index (χ3v) is 5.71. The zero-order valence-corrected chi connectivity index (χ0v) is 8.60. The summed E-state index contributed by atoms with van der Waals surface area (Å²) in [7, 11) is 0. The monoisotopic (exact) mass is 181 g/mol. The lowest BCUT2D eigenvalue weighted by Gasteiger charge is -2.40. The first-order valence-corrected chi connectivity index (χ1v) is 5.42. The maximum Gasteiger partial charge on any atom is 0.0866 e. The molecule has 1 aliphatic heterocycles. The van der Waals surface area contributed by atoms with E-state index in [9.17, 15) is 0 Å². The lowest BCUT2D eigenvalue weighted by Crippen LogP contribution is -2.49. The Morgan fingerprint density at radius 2 is 2.23 bits per heavy atom. The van der Waals surface area contributed by atoms with Gasteiger partial charge in [-0.05, 0) is 25.2 Å². The second kappa shape index (κ2) is 1.96. The van der Waals surface area contributed by atoms with Crippen LogP contribution in [0.4, 0.5) is 0 Å². The van der Waals surface area contributed by atoms with Crippen LogP contribution in [0.25, 0.3) is 0 Å². The van der Waals surface area contributed by atoms with Gasteiger partial charge < -0.3 is 10.5 Å². The fourth-order valence-electron chi connectivity index (χ4n) is 4.37. The number of rotatable bonds is 1. The van der Waals surface area contributed by atoms with Crippen LogP contribution in [-0.4, -0.2) is 18.8 Å². The third-order valence-electron chi connectivity index (χ3n) is 5.71. The summed E-state index contributed by atoms with van der Waals surface area (Å²) in [6.07, 6.45) is 3.94. The zero-order chi connectivity index (χ0) is 9.32. The largest absolute Gasteiger partial charge is 0.372 e. The van der Waals surface area contributed by atoms with Crippen LogP contribution in [0.15, 0.2) is 0 Å². The number of hydrogen-bond donors (Lipinski definition) is 1. The molecule has 0 amide bonds. The molecular weight excluding hydrogens is 162 g/mol. The normalized spacial score (nSPS) is 63.5. The summed E-state index contributed by atoms with van der Waals surface area (Å²) in [4.78, 5) is 0. The highest BCUT2D eigenvalue weighted by Gasteiger charge is 2.75. The summed E-state index contributed by atoms with van der Waals surface area (Å²) in [6.45, 7) is 6.48. The summed E-state index contributed by atoms with van der Waals surface area (Å²) in [6, 6.07) is 0. The highest BCUT2D eigenvalue weighted by molar-refractivity contribution is 5.24. The van der Waals surface area contributed by atoms with E-state index in [1.807, 2.05) is 0 Å². The summed E-state index contributed by atoms with van der Waals surface area (Å²) >= 11 is 0. The van der Waals surface area contributed by atoms with Crippen LogP contribution < -0.4 is 5.73 Å². The van der Waals surface area contributed by atoms with Crippen molar-refractivity contribution in [2.45, 2.75) is 38.7 Å². The predicted molar refractivity (Wildman–Crippen MR) is 51.3 cm³/mol. The first-order valence-electron chi connectivity index (χ1n) is 5.42. The van der Waals surface area contributed by atoms with Gasteiger partial charge in [0.25, 0.3) is 0 Å². The molecule has 1 saturated heterocycles. The van der Waals surface area contributed by atoms with E-state index in [1.165, 1.54) is 19.3 Å². The van der Waals surface area contributed by atoms with Crippen LogP contribution in [0.5, 0.6) is 0 Å². The molecule has 2 saturated carbocycles. The molecule has 3 aliphatic rings. The predicted octanol–water partition coefficient (Wildman–Crippen LogP) is 1.54. The zero-order valence-electron chi connectivity index (χ0n) is 8.60. The van der Waals surface area contributed by atoms with Crippen molar-refractivity contribution < 1.29 is 4.74 Å². The van der Waals surface area contributed by atoms with Gasteiger partial charge in [0.2, 0.25) is 0 Å². The average Bonchev–Trinajstić information content (AvgIpc) is 2.58. The molecule has 1 heterocycles. The molecule has 3 fully saturated rings. The van der Waals surface area contributed by atoms with Crippen molar-refractivity contribution in [1.29, 1.82) is 0 Å². The second-order valence-electron chi connectivity index (χ2n) is 5.68. The molecule has 0 aromatic rings. The minimum Gasteiger partial charge on any atom is -0.372 e. The highest BCUT2D eigenvalue weighted by atomic mass is 16.5. The Kier molecular flexibility index (Phi) is 1.24. The molecule has 4 atom stereocenters. The maximum absolute atomic E-state index is 6.00. The highest BCUT2D eigenvalue weighted by Crippen LogP contribution is 2.74. The molecule has 0 radical (unpaired) electrons. The van der Waals surface area contributed by atoms with Gasteiger partial charge >= 0.3 is 0 Å². The van der Waals surface area contributed by atoms with E-state index in [0.717, 1.165) is 19.1 Å². The van der Waals surface area contributed by atoms with Crippen molar-refractivity contribution in [1.82, 2.24) is 0 Å². The Labute approximate surface area is 79.8 Å². The Bertz CT molecular complexity index is 267. The molecule has 3 rings (SSSR count). The van der Waals surface area contributed by atoms with Crippen LogP contribution in [0.3, 0.4) is 0 Å². The summed E-state index contributed by atoms with van der Waals surface area (Å²) < 4.78 is 6.00. The molecular formula is C11H19NO. The van der Waals surface area contributed by atoms with Gasteiger partial charge in [-0.1, -0.05) is 13.8 Å². The third kappa shape index (κ3) is 0.581. The minimum absolute atomic E-state index is 0.0463. The van der Waals surface area contributed by atoms with Crippen LogP contribution in [-0.2, 0) is 4.74 Å². The second-order valence-corrected chi connectivity index (χ2v) is 5.68. The molecule has 0 aromatic heterocycles. The van der Waals surface area contributed by atoms with Crippen LogP contribution >= 0.6 is 0 Å². The van der Waals surface area contributed by atoms with E-state index in [4.69, 9.17) is 10.5 Å². The molecule has 2 N–H and O–H groups in total. The van der Waals surface area contributed by atoms with Crippen LogP contribution in [0.2, 0.25) is 0 Å². The van der Waals surface area contributed by atoms with Crippen molar-refractivity contribution >= 4 is 0 Å². The van der Waals surface area contributed by atoms with Crippen molar-refractivity contribution in [2.24, 2.45) is 22.5 Å². The molecule has 2 nitrogen and oxygen atoms in total. The SMILES string of the molecule is C[C@@]12CC[C@@H]3C[C@@]1(CN)OC[C@@]32C. The smallest absolute Gasteiger partial charge is 0.0866 e. The fourth-order valence-corrected chi connectivity index (χ4v) is 4.37. The molecule has 74 valence electrons. The average molecular weight is 181 g/mol. The number of nitrogens with two attached hydrogens (primary N) is 1. The quantitative estimate of drug-likeness (QED) is 0.666. The topological polar surface area (TPSA) is 35.2 Å². The minimum atomic E-state index is 0.0463. The molecule has 0 spiro atoms. The molecule has 2 heteroatoms. The first kappa shape index (κ1) is 8.25. The van der Waals surface area contributed by atoms with E-state index < -0.39 is 0 Å². The van der Waals surface area contributed by atoms with Gasteiger partial charge in [0.15, 0.2) is 0 Å². The lowest BCUT2D eigenvalue weighted by molar-refractivity contribution is -0.0762. The van der Waals surface area contributed by atoms with E-state index in [0.29, 0.717) is 10.8 Å². The van der Waals surface area contributed by atoms with E-state index in [1.54, 1.807) is 0 Å². The standard InChI is InChI=1S/C11H19NO/c1-9-7-13-11(6-12)5-8(9)3-4-10(9,11)2/h8H,3-7,12H2,1-2H3/t8-,9+,10+,11+/m1/s1. The van der Waals surface area contributed by atoms with Gasteiger partial charge in [-0.15, -0.1) is 0 Å². The molecule has 2 aliphatic carbocycles. The summed E-state index contributed by atoms with van der Waals surface area (Å²) in [5, 5.41) is 0. The number of hydrogen-bond acceptors (Lipinski definition) is 2. The van der Waals surface area contributed by atoms with Gasteiger partial charge in [0.1, 0.15) is 0 Å². The Morgan fingerprint density at radius 1 is 1.46 bits per heavy atom. The van der Waals surface area contributed by atoms with Crippen molar-refractivity contribution in [3.8, 4) is 0 Å². The Balaban J connectivity index is 2.14.